The van der Waals surface area contributed by atoms with Crippen molar-refractivity contribution in [3.8, 4) is 0 Å². The minimum Gasteiger partial charge on any atom is -0.462 e. The molecule has 0 rings (SSSR count). The van der Waals surface area contributed by atoms with E-state index in [1.807, 2.05) is 0 Å². The highest BCUT2D eigenvalue weighted by Crippen LogP contribution is 2.45. The lowest BCUT2D eigenvalue weighted by Gasteiger charge is -2.21. The Morgan fingerprint density at radius 3 is 0.660 bits per heavy atom. The zero-order valence-corrected chi connectivity index (χ0v) is 69.4. The van der Waals surface area contributed by atoms with Crippen LogP contribution in [-0.2, 0) is 65.4 Å². The Bertz CT molecular complexity index is 1980. The van der Waals surface area contributed by atoms with Crippen LogP contribution in [0.1, 0.15) is 446 Å². The third-order valence-corrected chi connectivity index (χ3v) is 21.6. The second kappa shape index (κ2) is 75.5. The standard InChI is InChI=1S/C84H164O17P2/c1-7-9-11-13-15-17-19-21-23-27-32-35-39-43-47-54-60-66-81(86)94-72-79(100-83(88)68-63-57-49-45-41-37-33-29-26-25-28-30-34-38-42-46-52-58-64-76(3)4)74-98-102(90,91)96-70-78(85)71-97-103(92,93)99-75-80(73-95-82(87)67-61-55-51-50-53-59-65-77(5)6)101-84(89)69-62-56-48-44-40-36-31-24-22-20-18-16-14-12-10-8-2/h76-80,85H,7-75H2,1-6H3,(H,90,91)(H,92,93)/t78-,79-,80-/m1/s1. The van der Waals surface area contributed by atoms with Crippen molar-refractivity contribution in [3.05, 3.63) is 0 Å². The molecular formula is C84H164O17P2. The molecule has 19 heteroatoms. The third-order valence-electron chi connectivity index (χ3n) is 19.7. The molecule has 3 N–H and O–H groups in total. The van der Waals surface area contributed by atoms with Gasteiger partial charge in [-0.1, -0.05) is 395 Å². The Hall–Kier alpha value is -1.94. The molecule has 0 aliphatic rings. The fourth-order valence-corrected chi connectivity index (χ4v) is 14.6. The molecule has 0 fully saturated rings. The summed E-state index contributed by atoms with van der Waals surface area (Å²) in [5.41, 5.74) is 0. The van der Waals surface area contributed by atoms with Crippen molar-refractivity contribution in [3.63, 3.8) is 0 Å². The summed E-state index contributed by atoms with van der Waals surface area (Å²) in [6.45, 7) is 9.61. The van der Waals surface area contributed by atoms with E-state index >= 15 is 0 Å². The summed E-state index contributed by atoms with van der Waals surface area (Å²) >= 11 is 0. The number of hydrogen-bond donors (Lipinski definition) is 3. The van der Waals surface area contributed by atoms with E-state index in [0.29, 0.717) is 31.6 Å². The number of aliphatic hydroxyl groups excluding tert-OH is 1. The molecule has 0 aromatic carbocycles. The number of ether oxygens (including phenoxy) is 4. The smallest absolute Gasteiger partial charge is 0.462 e. The van der Waals surface area contributed by atoms with Crippen molar-refractivity contribution >= 4 is 39.5 Å². The monoisotopic (exact) mass is 1510 g/mol. The van der Waals surface area contributed by atoms with Crippen LogP contribution in [-0.4, -0.2) is 96.7 Å². The minimum absolute atomic E-state index is 0.107. The number of hydrogen-bond acceptors (Lipinski definition) is 15. The van der Waals surface area contributed by atoms with Crippen LogP contribution in [0.3, 0.4) is 0 Å². The van der Waals surface area contributed by atoms with Gasteiger partial charge in [-0.3, -0.25) is 37.3 Å². The number of esters is 4. The van der Waals surface area contributed by atoms with Gasteiger partial charge in [-0.05, 0) is 37.5 Å². The van der Waals surface area contributed by atoms with Crippen LogP contribution in [0.4, 0.5) is 0 Å². The number of carbonyl (C=O) groups excluding carboxylic acids is 4. The van der Waals surface area contributed by atoms with E-state index in [-0.39, 0.29) is 25.7 Å². The molecule has 2 unspecified atom stereocenters. The Morgan fingerprint density at radius 2 is 0.447 bits per heavy atom. The molecule has 0 heterocycles. The van der Waals surface area contributed by atoms with Gasteiger partial charge in [-0.25, -0.2) is 9.13 Å². The zero-order chi connectivity index (χ0) is 75.6. The zero-order valence-electron chi connectivity index (χ0n) is 67.6. The van der Waals surface area contributed by atoms with Gasteiger partial charge in [0, 0.05) is 25.7 Å². The van der Waals surface area contributed by atoms with Crippen molar-refractivity contribution in [2.24, 2.45) is 11.8 Å². The largest absolute Gasteiger partial charge is 0.472 e. The highest BCUT2D eigenvalue weighted by molar-refractivity contribution is 7.47. The lowest BCUT2D eigenvalue weighted by Crippen LogP contribution is -2.30. The Kier molecular flexibility index (Phi) is 74.1. The summed E-state index contributed by atoms with van der Waals surface area (Å²) < 4.78 is 68.8. The first kappa shape index (κ1) is 101. The van der Waals surface area contributed by atoms with E-state index in [1.54, 1.807) is 0 Å². The highest BCUT2D eigenvalue weighted by atomic mass is 31.2. The second-order valence-electron chi connectivity index (χ2n) is 31.2. The number of phosphoric acid groups is 2. The van der Waals surface area contributed by atoms with Gasteiger partial charge >= 0.3 is 39.5 Å². The molecule has 0 amide bonds. The molecule has 0 bridgehead atoms. The van der Waals surface area contributed by atoms with Crippen LogP contribution in [0.2, 0.25) is 0 Å². The van der Waals surface area contributed by atoms with Gasteiger partial charge in [0.05, 0.1) is 26.4 Å². The molecule has 612 valence electrons. The molecule has 0 saturated heterocycles. The van der Waals surface area contributed by atoms with Crippen LogP contribution in [0.25, 0.3) is 0 Å². The maximum absolute atomic E-state index is 13.1. The lowest BCUT2D eigenvalue weighted by atomic mass is 10.0. The van der Waals surface area contributed by atoms with E-state index in [2.05, 4.69) is 41.5 Å². The van der Waals surface area contributed by atoms with E-state index < -0.39 is 97.5 Å². The molecule has 17 nitrogen and oxygen atoms in total. The van der Waals surface area contributed by atoms with Crippen LogP contribution in [0.5, 0.6) is 0 Å². The van der Waals surface area contributed by atoms with Crippen LogP contribution >= 0.6 is 15.6 Å². The van der Waals surface area contributed by atoms with E-state index in [0.717, 1.165) is 102 Å². The fourth-order valence-electron chi connectivity index (χ4n) is 13.1. The van der Waals surface area contributed by atoms with E-state index in [9.17, 15) is 43.2 Å². The summed E-state index contributed by atoms with van der Waals surface area (Å²) in [4.78, 5) is 73.1. The highest BCUT2D eigenvalue weighted by Gasteiger charge is 2.30. The van der Waals surface area contributed by atoms with Gasteiger partial charge in [0.25, 0.3) is 0 Å². The maximum atomic E-state index is 13.1. The van der Waals surface area contributed by atoms with Crippen molar-refractivity contribution in [1.29, 1.82) is 0 Å². The predicted molar refractivity (Wildman–Crippen MR) is 423 cm³/mol. The molecule has 0 aliphatic carbocycles. The van der Waals surface area contributed by atoms with Gasteiger partial charge < -0.3 is 33.8 Å². The van der Waals surface area contributed by atoms with Gasteiger partial charge in [-0.15, -0.1) is 0 Å². The van der Waals surface area contributed by atoms with Gasteiger partial charge in [0.15, 0.2) is 12.2 Å². The normalized spacial score (nSPS) is 13.9. The van der Waals surface area contributed by atoms with Crippen molar-refractivity contribution in [1.82, 2.24) is 0 Å². The summed E-state index contributed by atoms with van der Waals surface area (Å²) in [7, 11) is -9.92. The maximum Gasteiger partial charge on any atom is 0.472 e. The number of carbonyl (C=O) groups is 4. The summed E-state index contributed by atoms with van der Waals surface area (Å²) in [6, 6.07) is 0. The average molecular weight is 1510 g/mol. The summed E-state index contributed by atoms with van der Waals surface area (Å²) in [6.07, 6.45) is 66.8. The first-order valence-electron chi connectivity index (χ1n) is 43.5. The fraction of sp³-hybridized carbons (Fsp3) is 0.952. The quantitative estimate of drug-likeness (QED) is 0.0222. The number of phosphoric ester groups is 2. The summed E-state index contributed by atoms with van der Waals surface area (Å²) in [5, 5.41) is 10.7. The third kappa shape index (κ3) is 78.0. The number of unbranched alkanes of at least 4 members (excludes halogenated alkanes) is 53. The topological polar surface area (TPSA) is 237 Å². The van der Waals surface area contributed by atoms with Gasteiger partial charge in [-0.2, -0.15) is 0 Å². The SMILES string of the molecule is CCCCCCCCCCCCCCCCCCCC(=O)OC[C@H](COP(=O)(O)OC[C@@H](O)COP(=O)(O)OC[C@@H](COC(=O)CCCCCCCCC(C)C)OC(=O)CCCCCCCCCCCCCCCCCC)OC(=O)CCCCCCCCCCCCCCCCCCCCC(C)C. The van der Waals surface area contributed by atoms with E-state index in [1.165, 1.54) is 257 Å². The molecule has 0 spiro atoms. The van der Waals surface area contributed by atoms with Crippen molar-refractivity contribution in [2.75, 3.05) is 39.6 Å². The minimum atomic E-state index is -4.96. The number of rotatable bonds is 83. The molecule has 0 aliphatic heterocycles. The van der Waals surface area contributed by atoms with Gasteiger partial charge in [0.1, 0.15) is 19.3 Å². The molecule has 103 heavy (non-hydrogen) atoms. The molecule has 0 saturated carbocycles. The van der Waals surface area contributed by atoms with Crippen LogP contribution in [0, 0.1) is 11.8 Å². The first-order valence-corrected chi connectivity index (χ1v) is 46.5. The molecule has 5 atom stereocenters. The Morgan fingerprint density at radius 1 is 0.262 bits per heavy atom. The molecular weight excluding hydrogens is 1340 g/mol. The van der Waals surface area contributed by atoms with Gasteiger partial charge in [0.2, 0.25) is 0 Å². The van der Waals surface area contributed by atoms with E-state index in [4.69, 9.17) is 37.0 Å². The molecule has 0 aromatic heterocycles. The molecule has 0 radical (unpaired) electrons. The Balaban J connectivity index is 5.21. The Labute approximate surface area is 632 Å². The van der Waals surface area contributed by atoms with Crippen LogP contribution < -0.4 is 0 Å². The lowest BCUT2D eigenvalue weighted by molar-refractivity contribution is -0.161. The van der Waals surface area contributed by atoms with Crippen LogP contribution in [0.15, 0.2) is 0 Å². The predicted octanol–water partition coefficient (Wildman–Crippen LogP) is 25.5. The van der Waals surface area contributed by atoms with Crippen molar-refractivity contribution in [2.45, 2.75) is 464 Å². The second-order valence-corrected chi connectivity index (χ2v) is 34.1. The van der Waals surface area contributed by atoms with Crippen molar-refractivity contribution < 1.29 is 80.2 Å². The number of aliphatic hydroxyl groups is 1. The summed E-state index contributed by atoms with van der Waals surface area (Å²) in [5.74, 6) is -0.606. The average Bonchev–Trinajstić information content (AvgIpc) is 0.911. The first-order chi connectivity index (χ1) is 49.9. The molecule has 0 aromatic rings.